The minimum absolute atomic E-state index is 0.0740. The summed E-state index contributed by atoms with van der Waals surface area (Å²) in [5, 5.41) is 6.54. The minimum Gasteiger partial charge on any atom is -0.368 e. The van der Waals surface area contributed by atoms with E-state index in [9.17, 15) is 4.79 Å². The fourth-order valence-corrected chi connectivity index (χ4v) is 2.65. The highest BCUT2D eigenvalue weighted by atomic mass is 16.5. The van der Waals surface area contributed by atoms with Crippen molar-refractivity contribution in [2.45, 2.75) is 51.3 Å². The third-order valence-corrected chi connectivity index (χ3v) is 3.75. The van der Waals surface area contributed by atoms with Crippen LogP contribution in [0.1, 0.15) is 33.1 Å². The van der Waals surface area contributed by atoms with E-state index in [-0.39, 0.29) is 18.1 Å². The van der Waals surface area contributed by atoms with Crippen molar-refractivity contribution in [2.24, 2.45) is 5.92 Å². The van der Waals surface area contributed by atoms with Gasteiger partial charge in [-0.3, -0.25) is 4.79 Å². The highest BCUT2D eigenvalue weighted by Crippen LogP contribution is 2.18. The number of nitrogens with one attached hydrogen (secondary N) is 2. The maximum Gasteiger partial charge on any atom is 0.249 e. The van der Waals surface area contributed by atoms with E-state index in [2.05, 4.69) is 24.5 Å². The molecule has 0 aromatic carbocycles. The van der Waals surface area contributed by atoms with Gasteiger partial charge in [-0.25, -0.2) is 0 Å². The molecule has 0 spiro atoms. The molecule has 4 nitrogen and oxygen atoms in total. The van der Waals surface area contributed by atoms with Crippen LogP contribution in [-0.2, 0) is 9.53 Å². The summed E-state index contributed by atoms with van der Waals surface area (Å²) < 4.78 is 5.39. The summed E-state index contributed by atoms with van der Waals surface area (Å²) in [4.78, 5) is 11.9. The van der Waals surface area contributed by atoms with Gasteiger partial charge in [-0.2, -0.15) is 0 Å². The van der Waals surface area contributed by atoms with Gasteiger partial charge in [0.15, 0.2) is 0 Å². The summed E-state index contributed by atoms with van der Waals surface area (Å²) in [6.07, 6.45) is 2.79. The maximum atomic E-state index is 11.9. The number of amides is 1. The van der Waals surface area contributed by atoms with Gasteiger partial charge >= 0.3 is 0 Å². The molecule has 4 atom stereocenters. The minimum atomic E-state index is -0.207. The van der Waals surface area contributed by atoms with E-state index in [4.69, 9.17) is 4.74 Å². The Balaban J connectivity index is 1.88. The Kier molecular flexibility index (Phi) is 3.82. The number of ether oxygens (including phenoxy) is 1. The van der Waals surface area contributed by atoms with Crippen molar-refractivity contribution in [2.75, 3.05) is 13.2 Å². The quantitative estimate of drug-likeness (QED) is 0.727. The molecule has 0 aromatic heterocycles. The average molecular weight is 226 g/mol. The maximum absolute atomic E-state index is 11.9. The van der Waals surface area contributed by atoms with Crippen LogP contribution in [0.25, 0.3) is 0 Å². The zero-order valence-electron chi connectivity index (χ0n) is 10.2. The molecule has 2 heterocycles. The molecule has 2 rings (SSSR count). The van der Waals surface area contributed by atoms with Gasteiger partial charge in [-0.05, 0) is 38.6 Å². The molecule has 92 valence electrons. The first-order valence-corrected chi connectivity index (χ1v) is 6.34. The molecule has 4 heteroatoms. The lowest BCUT2D eigenvalue weighted by Gasteiger charge is -2.36. The number of piperidine rings is 1. The van der Waals surface area contributed by atoms with E-state index in [1.165, 1.54) is 0 Å². The van der Waals surface area contributed by atoms with E-state index in [0.717, 1.165) is 32.4 Å². The Bertz CT molecular complexity index is 241. The monoisotopic (exact) mass is 226 g/mol. The normalized spacial score (nSPS) is 39.6. The summed E-state index contributed by atoms with van der Waals surface area (Å²) in [6.45, 7) is 6.12. The Morgan fingerprint density at radius 3 is 2.81 bits per heavy atom. The van der Waals surface area contributed by atoms with Crippen molar-refractivity contribution in [3.8, 4) is 0 Å². The molecule has 0 aromatic rings. The van der Waals surface area contributed by atoms with Crippen molar-refractivity contribution in [3.63, 3.8) is 0 Å². The molecule has 2 saturated heterocycles. The Morgan fingerprint density at radius 2 is 2.19 bits per heavy atom. The van der Waals surface area contributed by atoms with E-state index < -0.39 is 0 Å². The molecule has 2 N–H and O–H groups in total. The highest BCUT2D eigenvalue weighted by Gasteiger charge is 2.32. The van der Waals surface area contributed by atoms with Crippen molar-refractivity contribution in [1.82, 2.24) is 10.6 Å². The van der Waals surface area contributed by atoms with Gasteiger partial charge in [0.25, 0.3) is 0 Å². The summed E-state index contributed by atoms with van der Waals surface area (Å²) in [5.41, 5.74) is 0. The van der Waals surface area contributed by atoms with Gasteiger partial charge in [0.2, 0.25) is 5.91 Å². The molecule has 16 heavy (non-hydrogen) atoms. The lowest BCUT2D eigenvalue weighted by Crippen LogP contribution is -2.57. The van der Waals surface area contributed by atoms with Crippen molar-refractivity contribution >= 4 is 5.91 Å². The SMILES string of the molecule is CC1CCNC(C)C1NC(=O)[C@@H]1CCCO1. The van der Waals surface area contributed by atoms with Crippen LogP contribution in [0.3, 0.4) is 0 Å². The lowest BCUT2D eigenvalue weighted by molar-refractivity contribution is -0.131. The molecular weight excluding hydrogens is 204 g/mol. The van der Waals surface area contributed by atoms with Crippen LogP contribution in [0.2, 0.25) is 0 Å². The van der Waals surface area contributed by atoms with E-state index in [1.807, 2.05) is 0 Å². The highest BCUT2D eigenvalue weighted by molar-refractivity contribution is 5.81. The average Bonchev–Trinajstić information content (AvgIpc) is 2.76. The Morgan fingerprint density at radius 1 is 1.38 bits per heavy atom. The topological polar surface area (TPSA) is 50.4 Å². The molecular formula is C12H22N2O2. The summed E-state index contributed by atoms with van der Waals surface area (Å²) in [6, 6.07) is 0.597. The molecule has 0 aliphatic carbocycles. The zero-order chi connectivity index (χ0) is 11.5. The van der Waals surface area contributed by atoms with Crippen LogP contribution in [0, 0.1) is 5.92 Å². The second-order valence-corrected chi connectivity index (χ2v) is 5.04. The molecule has 0 saturated carbocycles. The van der Waals surface area contributed by atoms with Gasteiger partial charge in [-0.1, -0.05) is 6.92 Å². The van der Waals surface area contributed by atoms with Crippen molar-refractivity contribution in [3.05, 3.63) is 0 Å². The van der Waals surface area contributed by atoms with Crippen LogP contribution >= 0.6 is 0 Å². The van der Waals surface area contributed by atoms with Crippen LogP contribution in [0.5, 0.6) is 0 Å². The third-order valence-electron chi connectivity index (χ3n) is 3.75. The first kappa shape index (κ1) is 11.9. The summed E-state index contributed by atoms with van der Waals surface area (Å²) >= 11 is 0. The van der Waals surface area contributed by atoms with E-state index in [0.29, 0.717) is 12.0 Å². The van der Waals surface area contributed by atoms with Gasteiger partial charge in [-0.15, -0.1) is 0 Å². The Labute approximate surface area is 97.1 Å². The molecule has 2 aliphatic rings. The van der Waals surface area contributed by atoms with Gasteiger partial charge < -0.3 is 15.4 Å². The molecule has 2 fully saturated rings. The molecule has 0 bridgehead atoms. The fraction of sp³-hybridized carbons (Fsp3) is 0.917. The van der Waals surface area contributed by atoms with Crippen LogP contribution in [0.15, 0.2) is 0 Å². The Hall–Kier alpha value is -0.610. The molecule has 0 radical (unpaired) electrons. The number of hydrogen-bond donors (Lipinski definition) is 2. The number of hydrogen-bond acceptors (Lipinski definition) is 3. The van der Waals surface area contributed by atoms with Crippen molar-refractivity contribution in [1.29, 1.82) is 0 Å². The standard InChI is InChI=1S/C12H22N2O2/c1-8-5-6-13-9(2)11(8)14-12(15)10-4-3-7-16-10/h8-11,13H,3-7H2,1-2H3,(H,14,15)/t8?,9?,10-,11?/m0/s1. The van der Waals surface area contributed by atoms with E-state index >= 15 is 0 Å². The third kappa shape index (κ3) is 2.55. The predicted octanol–water partition coefficient (Wildman–Crippen LogP) is 0.668. The van der Waals surface area contributed by atoms with Gasteiger partial charge in [0.1, 0.15) is 6.10 Å². The second kappa shape index (κ2) is 5.15. The number of carbonyl (C=O) groups is 1. The largest absolute Gasteiger partial charge is 0.368 e. The summed E-state index contributed by atoms with van der Waals surface area (Å²) in [7, 11) is 0. The van der Waals surface area contributed by atoms with Crippen molar-refractivity contribution < 1.29 is 9.53 Å². The number of carbonyl (C=O) groups excluding carboxylic acids is 1. The van der Waals surface area contributed by atoms with E-state index in [1.54, 1.807) is 0 Å². The van der Waals surface area contributed by atoms with Gasteiger partial charge in [0.05, 0.1) is 0 Å². The first-order valence-electron chi connectivity index (χ1n) is 6.34. The number of rotatable bonds is 2. The molecule has 3 unspecified atom stereocenters. The van der Waals surface area contributed by atoms with Crippen LogP contribution < -0.4 is 10.6 Å². The van der Waals surface area contributed by atoms with Crippen LogP contribution in [-0.4, -0.2) is 37.2 Å². The molecule has 2 aliphatic heterocycles. The first-order chi connectivity index (χ1) is 7.68. The zero-order valence-corrected chi connectivity index (χ0v) is 10.2. The second-order valence-electron chi connectivity index (χ2n) is 5.04. The molecule has 1 amide bonds. The lowest BCUT2D eigenvalue weighted by atomic mass is 9.89. The smallest absolute Gasteiger partial charge is 0.249 e. The predicted molar refractivity (Wildman–Crippen MR) is 62.2 cm³/mol. The fourth-order valence-electron chi connectivity index (χ4n) is 2.65. The van der Waals surface area contributed by atoms with Crippen LogP contribution in [0.4, 0.5) is 0 Å². The summed E-state index contributed by atoms with van der Waals surface area (Å²) in [5.74, 6) is 0.617. The van der Waals surface area contributed by atoms with Gasteiger partial charge in [0, 0.05) is 18.7 Å².